The molecule has 1 aromatic carbocycles. The van der Waals surface area contributed by atoms with Crippen LogP contribution in [0.15, 0.2) is 18.2 Å². The number of nitrogen functional groups attached to an aromatic ring is 1. The largest absolute Gasteiger partial charge is 0.397 e. The number of nitrogens with zero attached hydrogens (tertiary/aromatic N) is 1. The van der Waals surface area contributed by atoms with Crippen molar-refractivity contribution in [3.63, 3.8) is 0 Å². The molecule has 0 aliphatic carbocycles. The fourth-order valence-electron chi connectivity index (χ4n) is 2.28. The number of nitrogens with two attached hydrogens (primary N) is 1. The predicted octanol–water partition coefficient (Wildman–Crippen LogP) is 3.47. The van der Waals surface area contributed by atoms with Gasteiger partial charge in [-0.2, -0.15) is 0 Å². The molecule has 0 heterocycles. The lowest BCUT2D eigenvalue weighted by molar-refractivity contribution is -0.117. The van der Waals surface area contributed by atoms with Gasteiger partial charge in [-0.05, 0) is 30.0 Å². The summed E-state index contributed by atoms with van der Waals surface area (Å²) in [6.07, 6.45) is 0. The van der Waals surface area contributed by atoms with Gasteiger partial charge in [0.15, 0.2) is 0 Å². The molecule has 0 saturated heterocycles. The Morgan fingerprint density at radius 3 is 2.29 bits per heavy atom. The molecular weight excluding hydrogens is 286 g/mol. The highest BCUT2D eigenvalue weighted by atomic mass is 35.5. The molecule has 0 aliphatic rings. The highest BCUT2D eigenvalue weighted by Gasteiger charge is 2.14. The van der Waals surface area contributed by atoms with Gasteiger partial charge in [-0.3, -0.25) is 9.69 Å². The number of carbonyl (C=O) groups excluding carboxylic acids is 1. The lowest BCUT2D eigenvalue weighted by Gasteiger charge is -2.25. The maximum absolute atomic E-state index is 12.2. The second kappa shape index (κ2) is 8.25. The smallest absolute Gasteiger partial charge is 0.238 e. The topological polar surface area (TPSA) is 58.4 Å². The van der Waals surface area contributed by atoms with E-state index in [4.69, 9.17) is 17.3 Å². The maximum atomic E-state index is 12.2. The molecule has 0 aromatic heterocycles. The molecule has 0 unspecified atom stereocenters. The number of halogens is 1. The maximum Gasteiger partial charge on any atom is 0.238 e. The van der Waals surface area contributed by atoms with E-state index in [0.29, 0.717) is 34.8 Å². The van der Waals surface area contributed by atoms with Gasteiger partial charge in [0.25, 0.3) is 0 Å². The van der Waals surface area contributed by atoms with Crippen LogP contribution in [0.3, 0.4) is 0 Å². The van der Waals surface area contributed by atoms with Crippen LogP contribution in [0.25, 0.3) is 0 Å². The third kappa shape index (κ3) is 6.82. The molecule has 0 atom stereocenters. The minimum Gasteiger partial charge on any atom is -0.397 e. The molecule has 118 valence electrons. The minimum atomic E-state index is -0.0506. The van der Waals surface area contributed by atoms with Crippen molar-refractivity contribution in [1.82, 2.24) is 4.90 Å². The van der Waals surface area contributed by atoms with Gasteiger partial charge < -0.3 is 11.1 Å². The van der Waals surface area contributed by atoms with E-state index in [-0.39, 0.29) is 5.91 Å². The Balaban J connectivity index is 2.64. The van der Waals surface area contributed by atoms with Gasteiger partial charge in [-0.1, -0.05) is 39.3 Å². The molecule has 1 aromatic rings. The first-order chi connectivity index (χ1) is 9.77. The summed E-state index contributed by atoms with van der Waals surface area (Å²) in [6, 6.07) is 5.08. The summed E-state index contributed by atoms with van der Waals surface area (Å²) in [5, 5.41) is 3.41. The zero-order chi connectivity index (χ0) is 16.0. The number of anilines is 2. The van der Waals surface area contributed by atoms with E-state index in [2.05, 4.69) is 37.9 Å². The highest BCUT2D eigenvalue weighted by Crippen LogP contribution is 2.22. The SMILES string of the molecule is CC(C)CN(CC(=O)Nc1ccc(Cl)cc1N)CC(C)C. The monoisotopic (exact) mass is 311 g/mol. The zero-order valence-corrected chi connectivity index (χ0v) is 14.1. The van der Waals surface area contributed by atoms with E-state index in [1.165, 1.54) is 0 Å². The Kier molecular flexibility index (Phi) is 6.99. The first-order valence-electron chi connectivity index (χ1n) is 7.35. The zero-order valence-electron chi connectivity index (χ0n) is 13.3. The predicted molar refractivity (Wildman–Crippen MR) is 90.6 cm³/mol. The number of carbonyl (C=O) groups is 1. The van der Waals surface area contributed by atoms with Crippen molar-refractivity contribution < 1.29 is 4.79 Å². The van der Waals surface area contributed by atoms with Gasteiger partial charge >= 0.3 is 0 Å². The first kappa shape index (κ1) is 17.8. The average molecular weight is 312 g/mol. The molecule has 1 rings (SSSR count). The van der Waals surface area contributed by atoms with Gasteiger partial charge in [-0.15, -0.1) is 0 Å². The van der Waals surface area contributed by atoms with E-state index >= 15 is 0 Å². The van der Waals surface area contributed by atoms with Crippen molar-refractivity contribution in [2.75, 3.05) is 30.7 Å². The van der Waals surface area contributed by atoms with Gasteiger partial charge in [0.2, 0.25) is 5.91 Å². The van der Waals surface area contributed by atoms with Crippen molar-refractivity contribution >= 4 is 28.9 Å². The van der Waals surface area contributed by atoms with Gasteiger partial charge in [-0.25, -0.2) is 0 Å². The van der Waals surface area contributed by atoms with Crippen LogP contribution in [0.4, 0.5) is 11.4 Å². The molecule has 3 N–H and O–H groups in total. The van der Waals surface area contributed by atoms with Crippen molar-refractivity contribution in [3.8, 4) is 0 Å². The third-order valence-electron chi connectivity index (χ3n) is 2.90. The van der Waals surface area contributed by atoms with E-state index in [0.717, 1.165) is 13.1 Å². The molecule has 0 saturated carbocycles. The quantitative estimate of drug-likeness (QED) is 0.758. The fraction of sp³-hybridized carbons (Fsp3) is 0.562. The van der Waals surface area contributed by atoms with E-state index in [1.54, 1.807) is 18.2 Å². The van der Waals surface area contributed by atoms with Gasteiger partial charge in [0.1, 0.15) is 0 Å². The molecule has 0 bridgehead atoms. The Hall–Kier alpha value is -1.26. The van der Waals surface area contributed by atoms with E-state index in [1.807, 2.05) is 0 Å². The fourth-order valence-corrected chi connectivity index (χ4v) is 2.46. The van der Waals surface area contributed by atoms with Crippen LogP contribution in [-0.2, 0) is 4.79 Å². The van der Waals surface area contributed by atoms with Crippen LogP contribution >= 0.6 is 11.6 Å². The summed E-state index contributed by atoms with van der Waals surface area (Å²) < 4.78 is 0. The Morgan fingerprint density at radius 1 is 1.24 bits per heavy atom. The first-order valence-corrected chi connectivity index (χ1v) is 7.73. The Labute approximate surface area is 132 Å². The Morgan fingerprint density at radius 2 is 1.81 bits per heavy atom. The van der Waals surface area contributed by atoms with Crippen molar-refractivity contribution in [3.05, 3.63) is 23.2 Å². The molecular formula is C16H26ClN3O. The summed E-state index contributed by atoms with van der Waals surface area (Å²) in [6.45, 7) is 10.8. The van der Waals surface area contributed by atoms with Crippen molar-refractivity contribution in [1.29, 1.82) is 0 Å². The summed E-state index contributed by atoms with van der Waals surface area (Å²) in [7, 11) is 0. The van der Waals surface area contributed by atoms with Crippen molar-refractivity contribution in [2.24, 2.45) is 11.8 Å². The van der Waals surface area contributed by atoms with Gasteiger partial charge in [0.05, 0.1) is 17.9 Å². The van der Waals surface area contributed by atoms with E-state index in [9.17, 15) is 4.79 Å². The molecule has 5 heteroatoms. The molecule has 21 heavy (non-hydrogen) atoms. The summed E-state index contributed by atoms with van der Waals surface area (Å²) >= 11 is 5.85. The normalized spacial score (nSPS) is 11.4. The van der Waals surface area contributed by atoms with Crippen LogP contribution in [0, 0.1) is 11.8 Å². The van der Waals surface area contributed by atoms with Crippen molar-refractivity contribution in [2.45, 2.75) is 27.7 Å². The number of hydrogen-bond acceptors (Lipinski definition) is 3. The van der Waals surface area contributed by atoms with Crippen LogP contribution in [0.2, 0.25) is 5.02 Å². The van der Waals surface area contributed by atoms with Gasteiger partial charge in [0, 0.05) is 18.1 Å². The number of amides is 1. The summed E-state index contributed by atoms with van der Waals surface area (Å²) in [5.41, 5.74) is 6.94. The van der Waals surface area contributed by atoms with Crippen LogP contribution in [0.1, 0.15) is 27.7 Å². The summed E-state index contributed by atoms with van der Waals surface area (Å²) in [5.74, 6) is 1.000. The van der Waals surface area contributed by atoms with Crippen LogP contribution in [0.5, 0.6) is 0 Å². The lowest BCUT2D eigenvalue weighted by Crippen LogP contribution is -2.38. The molecule has 1 amide bonds. The molecule has 0 radical (unpaired) electrons. The van der Waals surface area contributed by atoms with E-state index < -0.39 is 0 Å². The second-order valence-corrected chi connectivity index (χ2v) is 6.70. The highest BCUT2D eigenvalue weighted by molar-refractivity contribution is 6.31. The molecule has 0 spiro atoms. The lowest BCUT2D eigenvalue weighted by atomic mass is 10.1. The van der Waals surface area contributed by atoms with Crippen LogP contribution < -0.4 is 11.1 Å². The average Bonchev–Trinajstić information content (AvgIpc) is 2.30. The number of hydrogen-bond donors (Lipinski definition) is 2. The Bertz CT molecular complexity index is 465. The standard InChI is InChI=1S/C16H26ClN3O/c1-11(2)8-20(9-12(3)4)10-16(21)19-15-6-5-13(17)7-14(15)18/h5-7,11-12H,8-10,18H2,1-4H3,(H,19,21). The number of nitrogens with one attached hydrogen (secondary N) is 1. The molecule has 0 fully saturated rings. The number of rotatable bonds is 7. The molecule has 0 aliphatic heterocycles. The third-order valence-corrected chi connectivity index (χ3v) is 3.14. The second-order valence-electron chi connectivity index (χ2n) is 6.26. The number of benzene rings is 1. The summed E-state index contributed by atoms with van der Waals surface area (Å²) in [4.78, 5) is 14.4. The molecule has 4 nitrogen and oxygen atoms in total. The van der Waals surface area contributed by atoms with Crippen LogP contribution in [-0.4, -0.2) is 30.4 Å². The minimum absolute atomic E-state index is 0.0506.